The van der Waals surface area contributed by atoms with Gasteiger partial charge in [-0.25, -0.2) is 4.79 Å². The van der Waals surface area contributed by atoms with E-state index in [1.165, 1.54) is 14.2 Å². The minimum atomic E-state index is -0.631. The Morgan fingerprint density at radius 1 is 1.23 bits per heavy atom. The second kappa shape index (κ2) is 8.92. The first-order valence-electron chi connectivity index (χ1n) is 7.20. The Morgan fingerprint density at radius 3 is 2.55 bits per heavy atom. The summed E-state index contributed by atoms with van der Waals surface area (Å²) >= 11 is 0. The van der Waals surface area contributed by atoms with Crippen LogP contribution in [0.25, 0.3) is 0 Å². The fraction of sp³-hybridized carbons (Fsp3) is 0.500. The highest BCUT2D eigenvalue weighted by Crippen LogP contribution is 2.30. The quantitative estimate of drug-likeness (QED) is 0.745. The first-order valence-corrected chi connectivity index (χ1v) is 7.20. The molecule has 1 N–H and O–H groups in total. The van der Waals surface area contributed by atoms with Gasteiger partial charge in [0.15, 0.2) is 18.1 Å². The van der Waals surface area contributed by atoms with Gasteiger partial charge in [0.05, 0.1) is 14.2 Å². The Bertz CT molecular complexity index is 515. The van der Waals surface area contributed by atoms with Crippen LogP contribution in [0.5, 0.6) is 11.5 Å². The number of esters is 1. The van der Waals surface area contributed by atoms with Gasteiger partial charge in [0.2, 0.25) is 0 Å². The average Bonchev–Trinajstić information content (AvgIpc) is 2.51. The molecule has 122 valence electrons. The monoisotopic (exact) mass is 309 g/mol. The van der Waals surface area contributed by atoms with E-state index in [-0.39, 0.29) is 29.9 Å². The first kappa shape index (κ1) is 17.8. The van der Waals surface area contributed by atoms with Gasteiger partial charge < -0.3 is 19.5 Å². The minimum absolute atomic E-state index is 0.0579. The standard InChI is InChI=1S/C16H23NO5/c1-5-7-11(2)17-14(18)10-22-16(19)12-8-6-9-13(20-3)15(12)21-4/h6,8-9,11H,5,7,10H2,1-4H3,(H,17,18)/t11-/m1/s1. The predicted molar refractivity (Wildman–Crippen MR) is 82.3 cm³/mol. The summed E-state index contributed by atoms with van der Waals surface area (Å²) in [4.78, 5) is 23.8. The maximum absolute atomic E-state index is 12.1. The van der Waals surface area contributed by atoms with Gasteiger partial charge in [0, 0.05) is 6.04 Å². The highest BCUT2D eigenvalue weighted by atomic mass is 16.5. The average molecular weight is 309 g/mol. The number of rotatable bonds is 8. The van der Waals surface area contributed by atoms with E-state index >= 15 is 0 Å². The number of carbonyl (C=O) groups excluding carboxylic acids is 2. The molecular formula is C16H23NO5. The number of amides is 1. The van der Waals surface area contributed by atoms with Crippen molar-refractivity contribution < 1.29 is 23.8 Å². The fourth-order valence-electron chi connectivity index (χ4n) is 2.08. The molecule has 0 aromatic heterocycles. The molecule has 0 spiro atoms. The third kappa shape index (κ3) is 4.95. The van der Waals surface area contributed by atoms with Crippen molar-refractivity contribution in [1.29, 1.82) is 0 Å². The number of para-hydroxylation sites is 1. The molecule has 1 rings (SSSR count). The lowest BCUT2D eigenvalue weighted by Gasteiger charge is -2.14. The lowest BCUT2D eigenvalue weighted by atomic mass is 10.2. The second-order valence-corrected chi connectivity index (χ2v) is 4.87. The molecule has 0 radical (unpaired) electrons. The van der Waals surface area contributed by atoms with Crippen molar-refractivity contribution in [3.8, 4) is 11.5 Å². The van der Waals surface area contributed by atoms with Crippen molar-refractivity contribution >= 4 is 11.9 Å². The van der Waals surface area contributed by atoms with Gasteiger partial charge in [0.1, 0.15) is 5.56 Å². The van der Waals surface area contributed by atoms with E-state index in [0.29, 0.717) is 5.75 Å². The maximum atomic E-state index is 12.1. The molecule has 0 aliphatic heterocycles. The summed E-state index contributed by atoms with van der Waals surface area (Å²) in [6.07, 6.45) is 1.85. The van der Waals surface area contributed by atoms with Gasteiger partial charge in [-0.05, 0) is 25.5 Å². The number of hydrogen-bond acceptors (Lipinski definition) is 5. The van der Waals surface area contributed by atoms with Gasteiger partial charge in [-0.3, -0.25) is 4.79 Å². The molecule has 1 atom stereocenters. The van der Waals surface area contributed by atoms with E-state index in [4.69, 9.17) is 14.2 Å². The van der Waals surface area contributed by atoms with Crippen LogP contribution in [0.1, 0.15) is 37.0 Å². The zero-order chi connectivity index (χ0) is 16.5. The molecule has 1 amide bonds. The van der Waals surface area contributed by atoms with Crippen LogP contribution in [0.2, 0.25) is 0 Å². The molecule has 0 fully saturated rings. The highest BCUT2D eigenvalue weighted by Gasteiger charge is 2.18. The summed E-state index contributed by atoms with van der Waals surface area (Å²) in [6.45, 7) is 3.62. The maximum Gasteiger partial charge on any atom is 0.342 e. The van der Waals surface area contributed by atoms with E-state index in [0.717, 1.165) is 12.8 Å². The zero-order valence-electron chi connectivity index (χ0n) is 13.5. The van der Waals surface area contributed by atoms with Crippen molar-refractivity contribution in [3.05, 3.63) is 23.8 Å². The molecule has 0 heterocycles. The van der Waals surface area contributed by atoms with Crippen molar-refractivity contribution in [2.24, 2.45) is 0 Å². The van der Waals surface area contributed by atoms with Gasteiger partial charge in [-0.1, -0.05) is 19.4 Å². The van der Waals surface area contributed by atoms with E-state index in [9.17, 15) is 9.59 Å². The Morgan fingerprint density at radius 2 is 1.95 bits per heavy atom. The van der Waals surface area contributed by atoms with Crippen molar-refractivity contribution in [1.82, 2.24) is 5.32 Å². The number of methoxy groups -OCH3 is 2. The van der Waals surface area contributed by atoms with Crippen LogP contribution >= 0.6 is 0 Å². The Labute approximate surface area is 130 Å². The lowest BCUT2D eigenvalue weighted by Crippen LogP contribution is -2.35. The van der Waals surface area contributed by atoms with Crippen molar-refractivity contribution in [3.63, 3.8) is 0 Å². The number of carbonyl (C=O) groups is 2. The van der Waals surface area contributed by atoms with E-state index in [2.05, 4.69) is 5.32 Å². The summed E-state index contributed by atoms with van der Waals surface area (Å²) in [6, 6.07) is 4.94. The summed E-state index contributed by atoms with van der Waals surface area (Å²) in [5.41, 5.74) is 0.219. The van der Waals surface area contributed by atoms with Crippen LogP contribution in [-0.4, -0.2) is 38.7 Å². The minimum Gasteiger partial charge on any atom is -0.493 e. The molecule has 6 heteroatoms. The third-order valence-electron chi connectivity index (χ3n) is 3.09. The largest absolute Gasteiger partial charge is 0.493 e. The smallest absolute Gasteiger partial charge is 0.342 e. The van der Waals surface area contributed by atoms with Crippen molar-refractivity contribution in [2.75, 3.05) is 20.8 Å². The Balaban J connectivity index is 2.64. The zero-order valence-corrected chi connectivity index (χ0v) is 13.5. The summed E-state index contributed by atoms with van der Waals surface area (Å²) in [5, 5.41) is 2.77. The van der Waals surface area contributed by atoms with Crippen LogP contribution in [0.4, 0.5) is 0 Å². The SMILES string of the molecule is CCC[C@@H](C)NC(=O)COC(=O)c1cccc(OC)c1OC. The second-order valence-electron chi connectivity index (χ2n) is 4.87. The van der Waals surface area contributed by atoms with E-state index in [1.54, 1.807) is 18.2 Å². The third-order valence-corrected chi connectivity index (χ3v) is 3.09. The topological polar surface area (TPSA) is 73.9 Å². The van der Waals surface area contributed by atoms with Crippen molar-refractivity contribution in [2.45, 2.75) is 32.7 Å². The van der Waals surface area contributed by atoms with Gasteiger partial charge >= 0.3 is 5.97 Å². The number of benzene rings is 1. The molecule has 0 aliphatic carbocycles. The van der Waals surface area contributed by atoms with Crippen LogP contribution in [0, 0.1) is 0 Å². The van der Waals surface area contributed by atoms with Gasteiger partial charge in [0.25, 0.3) is 5.91 Å². The number of hydrogen-bond donors (Lipinski definition) is 1. The first-order chi connectivity index (χ1) is 10.5. The van der Waals surface area contributed by atoms with Crippen LogP contribution in [0.3, 0.4) is 0 Å². The Hall–Kier alpha value is -2.24. The Kier molecular flexibility index (Phi) is 7.22. The molecule has 1 aromatic rings. The molecule has 0 bridgehead atoms. The molecule has 0 aliphatic rings. The van der Waals surface area contributed by atoms with Gasteiger partial charge in [-0.2, -0.15) is 0 Å². The predicted octanol–water partition coefficient (Wildman–Crippen LogP) is 2.17. The van der Waals surface area contributed by atoms with E-state index in [1.807, 2.05) is 13.8 Å². The van der Waals surface area contributed by atoms with Crippen LogP contribution < -0.4 is 14.8 Å². The van der Waals surface area contributed by atoms with E-state index < -0.39 is 5.97 Å². The molecule has 22 heavy (non-hydrogen) atoms. The fourth-order valence-corrected chi connectivity index (χ4v) is 2.08. The molecular weight excluding hydrogens is 286 g/mol. The summed E-state index contributed by atoms with van der Waals surface area (Å²) < 4.78 is 15.3. The van der Waals surface area contributed by atoms with Gasteiger partial charge in [-0.15, -0.1) is 0 Å². The molecule has 1 aromatic carbocycles. The number of ether oxygens (including phenoxy) is 3. The molecule has 0 saturated carbocycles. The molecule has 0 saturated heterocycles. The normalized spacial score (nSPS) is 11.5. The highest BCUT2D eigenvalue weighted by molar-refractivity contribution is 5.94. The summed E-state index contributed by atoms with van der Waals surface area (Å²) in [7, 11) is 2.92. The lowest BCUT2D eigenvalue weighted by molar-refractivity contribution is -0.124. The van der Waals surface area contributed by atoms with Crippen LogP contribution in [0.15, 0.2) is 18.2 Å². The van der Waals surface area contributed by atoms with Crippen LogP contribution in [-0.2, 0) is 9.53 Å². The molecule has 6 nitrogen and oxygen atoms in total. The summed E-state index contributed by atoms with van der Waals surface area (Å²) in [5.74, 6) is -0.238. The molecule has 0 unspecified atom stereocenters. The number of nitrogens with one attached hydrogen (secondary N) is 1.